The van der Waals surface area contributed by atoms with Gasteiger partial charge in [0.25, 0.3) is 5.91 Å². The summed E-state index contributed by atoms with van der Waals surface area (Å²) in [4.78, 5) is 16.9. The van der Waals surface area contributed by atoms with Gasteiger partial charge in [-0.25, -0.2) is 0 Å². The fourth-order valence-corrected chi connectivity index (χ4v) is 3.02. The number of rotatable bonds is 2. The van der Waals surface area contributed by atoms with Crippen LogP contribution in [0.4, 0.5) is 5.69 Å². The molecule has 1 amide bonds. The Kier molecular flexibility index (Phi) is 4.34. The molecule has 0 unspecified atom stereocenters. The molecule has 0 radical (unpaired) electrons. The Hall–Kier alpha value is -2.00. The van der Waals surface area contributed by atoms with Crippen molar-refractivity contribution >= 4 is 23.2 Å². The Morgan fingerprint density at radius 1 is 1.05 bits per heavy atom. The molecular weight excluding hydrogens is 296 g/mol. The van der Waals surface area contributed by atoms with Crippen molar-refractivity contribution in [3.05, 3.63) is 65.2 Å². The molecule has 0 aliphatic carbocycles. The molecule has 1 fully saturated rings. The van der Waals surface area contributed by atoms with Gasteiger partial charge in [0.1, 0.15) is 0 Å². The number of anilines is 1. The molecule has 1 saturated heterocycles. The van der Waals surface area contributed by atoms with Crippen LogP contribution in [0.15, 0.2) is 54.6 Å². The van der Waals surface area contributed by atoms with Crippen molar-refractivity contribution in [1.29, 1.82) is 0 Å². The monoisotopic (exact) mass is 314 g/mol. The standard InChI is InChI=1S/C18H19ClN2O/c1-14-13-20(17-5-3-2-4-6-17)11-12-21(14)18(22)15-7-9-16(19)10-8-15/h2-10,14H,11-13H2,1H3/t14-/m0/s1. The van der Waals surface area contributed by atoms with E-state index in [2.05, 4.69) is 24.0 Å². The summed E-state index contributed by atoms with van der Waals surface area (Å²) < 4.78 is 0. The van der Waals surface area contributed by atoms with Gasteiger partial charge in [-0.1, -0.05) is 29.8 Å². The Bertz CT molecular complexity index is 642. The minimum Gasteiger partial charge on any atom is -0.368 e. The summed E-state index contributed by atoms with van der Waals surface area (Å²) in [6.45, 7) is 4.54. The van der Waals surface area contributed by atoms with Crippen LogP contribution >= 0.6 is 11.6 Å². The second-order valence-corrected chi connectivity index (χ2v) is 6.07. The molecule has 3 nitrogen and oxygen atoms in total. The SMILES string of the molecule is C[C@H]1CN(c2ccccc2)CCN1C(=O)c1ccc(Cl)cc1. The van der Waals surface area contributed by atoms with Gasteiger partial charge < -0.3 is 9.80 Å². The number of hydrogen-bond donors (Lipinski definition) is 0. The lowest BCUT2D eigenvalue weighted by molar-refractivity contribution is 0.0674. The lowest BCUT2D eigenvalue weighted by atomic mass is 10.1. The van der Waals surface area contributed by atoms with E-state index in [1.807, 2.05) is 23.1 Å². The van der Waals surface area contributed by atoms with Crippen LogP contribution in [0.25, 0.3) is 0 Å². The van der Waals surface area contributed by atoms with Gasteiger partial charge in [0.05, 0.1) is 0 Å². The van der Waals surface area contributed by atoms with Gasteiger partial charge in [-0.15, -0.1) is 0 Å². The first kappa shape index (κ1) is 14.9. The average molecular weight is 315 g/mol. The lowest BCUT2D eigenvalue weighted by Crippen LogP contribution is -2.54. The van der Waals surface area contributed by atoms with E-state index in [0.29, 0.717) is 10.6 Å². The number of piperazine rings is 1. The summed E-state index contributed by atoms with van der Waals surface area (Å²) in [6, 6.07) is 17.6. The van der Waals surface area contributed by atoms with Crippen LogP contribution in [-0.2, 0) is 0 Å². The number of benzene rings is 2. The first-order valence-corrected chi connectivity index (χ1v) is 7.89. The molecule has 114 valence electrons. The van der Waals surface area contributed by atoms with E-state index in [9.17, 15) is 4.79 Å². The second kappa shape index (κ2) is 6.41. The van der Waals surface area contributed by atoms with Gasteiger partial charge in [-0.2, -0.15) is 0 Å². The van der Waals surface area contributed by atoms with Crippen LogP contribution < -0.4 is 4.90 Å². The molecule has 2 aromatic rings. The van der Waals surface area contributed by atoms with Crippen LogP contribution in [-0.4, -0.2) is 36.5 Å². The normalized spacial score (nSPS) is 18.4. The number of hydrogen-bond acceptors (Lipinski definition) is 2. The first-order valence-electron chi connectivity index (χ1n) is 7.51. The quantitative estimate of drug-likeness (QED) is 0.844. The van der Waals surface area contributed by atoms with Gasteiger partial charge in [-0.3, -0.25) is 4.79 Å². The third-order valence-electron chi connectivity index (χ3n) is 4.10. The maximum absolute atomic E-state index is 12.6. The van der Waals surface area contributed by atoms with Crippen LogP contribution in [0.3, 0.4) is 0 Å². The van der Waals surface area contributed by atoms with Crippen molar-refractivity contribution < 1.29 is 4.79 Å². The van der Waals surface area contributed by atoms with Crippen molar-refractivity contribution in [3.63, 3.8) is 0 Å². The van der Waals surface area contributed by atoms with E-state index in [-0.39, 0.29) is 11.9 Å². The number of halogens is 1. The summed E-state index contributed by atoms with van der Waals surface area (Å²) in [5, 5.41) is 0.651. The molecular formula is C18H19ClN2O. The highest BCUT2D eigenvalue weighted by Crippen LogP contribution is 2.20. The minimum absolute atomic E-state index is 0.0804. The van der Waals surface area contributed by atoms with E-state index < -0.39 is 0 Å². The highest BCUT2D eigenvalue weighted by Gasteiger charge is 2.28. The Morgan fingerprint density at radius 3 is 2.36 bits per heavy atom. The molecule has 3 rings (SSSR count). The van der Waals surface area contributed by atoms with Crippen molar-refractivity contribution in [2.45, 2.75) is 13.0 Å². The minimum atomic E-state index is 0.0804. The molecule has 22 heavy (non-hydrogen) atoms. The Morgan fingerprint density at radius 2 is 1.73 bits per heavy atom. The van der Waals surface area contributed by atoms with Crippen molar-refractivity contribution in [3.8, 4) is 0 Å². The zero-order valence-corrected chi connectivity index (χ0v) is 13.3. The van der Waals surface area contributed by atoms with Gasteiger partial charge >= 0.3 is 0 Å². The van der Waals surface area contributed by atoms with E-state index >= 15 is 0 Å². The fourth-order valence-electron chi connectivity index (χ4n) is 2.89. The number of amides is 1. The summed E-state index contributed by atoms with van der Waals surface area (Å²) >= 11 is 5.89. The zero-order chi connectivity index (χ0) is 15.5. The highest BCUT2D eigenvalue weighted by molar-refractivity contribution is 6.30. The topological polar surface area (TPSA) is 23.6 Å². The molecule has 0 bridgehead atoms. The maximum Gasteiger partial charge on any atom is 0.254 e. The number of para-hydroxylation sites is 1. The third kappa shape index (κ3) is 3.09. The molecule has 1 aliphatic rings. The molecule has 4 heteroatoms. The van der Waals surface area contributed by atoms with E-state index in [4.69, 9.17) is 11.6 Å². The highest BCUT2D eigenvalue weighted by atomic mass is 35.5. The molecule has 1 aliphatic heterocycles. The van der Waals surface area contributed by atoms with Gasteiger partial charge in [0.2, 0.25) is 0 Å². The number of carbonyl (C=O) groups excluding carboxylic acids is 1. The summed E-state index contributed by atoms with van der Waals surface area (Å²) in [7, 11) is 0. The maximum atomic E-state index is 12.6. The van der Waals surface area contributed by atoms with Crippen molar-refractivity contribution in [2.24, 2.45) is 0 Å². The molecule has 0 N–H and O–H groups in total. The first-order chi connectivity index (χ1) is 10.6. The summed E-state index contributed by atoms with van der Waals surface area (Å²) in [5.74, 6) is 0.0804. The van der Waals surface area contributed by atoms with Gasteiger partial charge in [0.15, 0.2) is 0 Å². The lowest BCUT2D eigenvalue weighted by Gasteiger charge is -2.41. The molecule has 0 aromatic heterocycles. The van der Waals surface area contributed by atoms with Crippen LogP contribution in [0.1, 0.15) is 17.3 Å². The molecule has 2 aromatic carbocycles. The van der Waals surface area contributed by atoms with Crippen molar-refractivity contribution in [1.82, 2.24) is 4.90 Å². The summed E-state index contributed by atoms with van der Waals surface area (Å²) in [5.41, 5.74) is 1.91. The molecule has 0 spiro atoms. The largest absolute Gasteiger partial charge is 0.368 e. The Labute approximate surface area is 136 Å². The summed E-state index contributed by atoms with van der Waals surface area (Å²) in [6.07, 6.45) is 0. The van der Waals surface area contributed by atoms with Crippen molar-refractivity contribution in [2.75, 3.05) is 24.5 Å². The smallest absolute Gasteiger partial charge is 0.254 e. The van der Waals surface area contributed by atoms with Crippen LogP contribution in [0.5, 0.6) is 0 Å². The predicted octanol–water partition coefficient (Wildman–Crippen LogP) is 3.69. The molecule has 1 atom stereocenters. The van der Waals surface area contributed by atoms with E-state index in [1.54, 1.807) is 24.3 Å². The predicted molar refractivity (Wildman–Crippen MR) is 90.6 cm³/mol. The average Bonchev–Trinajstić information content (AvgIpc) is 2.56. The Balaban J connectivity index is 1.70. The van der Waals surface area contributed by atoms with Gasteiger partial charge in [-0.05, 0) is 43.3 Å². The zero-order valence-electron chi connectivity index (χ0n) is 12.6. The number of carbonyl (C=O) groups is 1. The molecule has 1 heterocycles. The second-order valence-electron chi connectivity index (χ2n) is 5.64. The van der Waals surface area contributed by atoms with E-state index in [1.165, 1.54) is 5.69 Å². The van der Waals surface area contributed by atoms with Gasteiger partial charge in [0, 0.05) is 41.9 Å². The fraction of sp³-hybridized carbons (Fsp3) is 0.278. The van der Waals surface area contributed by atoms with Crippen LogP contribution in [0.2, 0.25) is 5.02 Å². The molecule has 0 saturated carbocycles. The number of nitrogens with zero attached hydrogens (tertiary/aromatic N) is 2. The van der Waals surface area contributed by atoms with E-state index in [0.717, 1.165) is 19.6 Å². The van der Waals surface area contributed by atoms with Crippen LogP contribution in [0, 0.1) is 0 Å². The third-order valence-corrected chi connectivity index (χ3v) is 4.35.